The molecule has 0 bridgehead atoms. The zero-order valence-corrected chi connectivity index (χ0v) is 13.7. The van der Waals surface area contributed by atoms with Gasteiger partial charge in [-0.15, -0.1) is 0 Å². The Hall–Kier alpha value is -2.96. The van der Waals surface area contributed by atoms with Crippen LogP contribution < -0.4 is 10.6 Å². The predicted molar refractivity (Wildman–Crippen MR) is 89.7 cm³/mol. The lowest BCUT2D eigenvalue weighted by Gasteiger charge is -2.12. The van der Waals surface area contributed by atoms with Gasteiger partial charge in [-0.3, -0.25) is 14.4 Å². The number of hydrogen-bond donors (Lipinski definition) is 2. The normalized spacial score (nSPS) is 26.9. The Morgan fingerprint density at radius 1 is 1.36 bits per heavy atom. The van der Waals surface area contributed by atoms with E-state index >= 15 is 0 Å². The maximum atomic E-state index is 12.9. The highest BCUT2D eigenvalue weighted by Crippen LogP contribution is 2.62. The number of para-hydroxylation sites is 1. The van der Waals surface area contributed by atoms with Crippen molar-refractivity contribution in [1.82, 2.24) is 14.9 Å². The van der Waals surface area contributed by atoms with Crippen LogP contribution in [0.1, 0.15) is 17.3 Å². The molecule has 2 amide bonds. The Bertz CT molecular complexity index is 861. The van der Waals surface area contributed by atoms with Gasteiger partial charge in [-0.05, 0) is 12.1 Å². The molecule has 0 spiro atoms. The number of nitrogens with zero attached hydrogens (tertiary/aromatic N) is 2. The van der Waals surface area contributed by atoms with Crippen LogP contribution in [-0.2, 0) is 16.1 Å². The summed E-state index contributed by atoms with van der Waals surface area (Å²) in [6.07, 6.45) is 5.15. The molecule has 2 aromatic rings. The summed E-state index contributed by atoms with van der Waals surface area (Å²) in [5.41, 5.74) is 0.00947. The van der Waals surface area contributed by atoms with Gasteiger partial charge in [-0.25, -0.2) is 4.98 Å². The Labute approximate surface area is 144 Å². The molecule has 0 saturated heterocycles. The number of carbonyl (C=O) groups is 3. The van der Waals surface area contributed by atoms with Crippen LogP contribution in [0.5, 0.6) is 0 Å². The lowest BCUT2D eigenvalue weighted by atomic mass is 9.92. The molecular weight excluding hydrogens is 320 g/mol. The van der Waals surface area contributed by atoms with E-state index in [0.717, 1.165) is 0 Å². The van der Waals surface area contributed by atoms with E-state index in [1.165, 1.54) is 0 Å². The average Bonchev–Trinajstić information content (AvgIpc) is 2.97. The van der Waals surface area contributed by atoms with Gasteiger partial charge in [0.25, 0.3) is 0 Å². The fraction of sp³-hybridized carbons (Fsp3) is 0.333. The predicted octanol–water partition coefficient (Wildman–Crippen LogP) is 1.09. The van der Waals surface area contributed by atoms with Crippen molar-refractivity contribution in [2.24, 2.45) is 17.3 Å². The minimum atomic E-state index is -0.976. The van der Waals surface area contributed by atoms with E-state index in [9.17, 15) is 14.4 Å². The number of ketones is 1. The smallest absolute Gasteiger partial charge is 0.229 e. The zero-order valence-electron chi connectivity index (χ0n) is 13.7. The lowest BCUT2D eigenvalue weighted by Crippen LogP contribution is -2.32. The van der Waals surface area contributed by atoms with Crippen LogP contribution in [0.3, 0.4) is 0 Å². The number of benzene rings is 1. The van der Waals surface area contributed by atoms with Gasteiger partial charge >= 0.3 is 0 Å². The van der Waals surface area contributed by atoms with Crippen molar-refractivity contribution in [3.05, 3.63) is 48.5 Å². The maximum absolute atomic E-state index is 12.9. The first-order chi connectivity index (χ1) is 12.0. The molecule has 2 N–H and O–H groups in total. The number of anilines is 1. The molecule has 1 aliphatic carbocycles. The van der Waals surface area contributed by atoms with E-state index in [4.69, 9.17) is 0 Å². The minimum absolute atomic E-state index is 0.152. The van der Waals surface area contributed by atoms with Gasteiger partial charge in [-0.1, -0.05) is 19.1 Å². The van der Waals surface area contributed by atoms with E-state index < -0.39 is 17.3 Å². The minimum Gasteiger partial charge on any atom is -0.354 e. The lowest BCUT2D eigenvalue weighted by molar-refractivity contribution is -0.125. The summed E-state index contributed by atoms with van der Waals surface area (Å²) in [5.74, 6) is -1.93. The third-order valence-electron chi connectivity index (χ3n) is 5.23. The molecule has 1 fully saturated rings. The van der Waals surface area contributed by atoms with E-state index in [-0.39, 0.29) is 17.6 Å². The number of Topliss-reactive ketones (excluding diaryl/α,β-unsaturated/α-hetero) is 1. The van der Waals surface area contributed by atoms with Gasteiger partial charge in [0.05, 0.1) is 29.3 Å². The number of nitrogens with one attached hydrogen (secondary N) is 2. The average molecular weight is 338 g/mol. The van der Waals surface area contributed by atoms with Crippen molar-refractivity contribution in [1.29, 1.82) is 0 Å². The molecule has 1 aliphatic heterocycles. The van der Waals surface area contributed by atoms with Crippen molar-refractivity contribution in [3.63, 3.8) is 0 Å². The topological polar surface area (TPSA) is 93.1 Å². The van der Waals surface area contributed by atoms with Gasteiger partial charge < -0.3 is 15.2 Å². The van der Waals surface area contributed by atoms with Crippen LogP contribution in [-0.4, -0.2) is 33.7 Å². The fourth-order valence-electron chi connectivity index (χ4n) is 3.77. The van der Waals surface area contributed by atoms with Crippen LogP contribution in [0.4, 0.5) is 5.69 Å². The second kappa shape index (κ2) is 5.54. The number of fused-ring (bicyclic) bond motifs is 2. The zero-order chi connectivity index (χ0) is 17.6. The molecule has 0 unspecified atom stereocenters. The summed E-state index contributed by atoms with van der Waals surface area (Å²) >= 11 is 0. The highest BCUT2D eigenvalue weighted by molar-refractivity contribution is 6.19. The van der Waals surface area contributed by atoms with E-state index in [0.29, 0.717) is 24.3 Å². The van der Waals surface area contributed by atoms with Gasteiger partial charge in [0.2, 0.25) is 11.8 Å². The summed E-state index contributed by atoms with van der Waals surface area (Å²) in [6.45, 7) is 2.71. The first-order valence-electron chi connectivity index (χ1n) is 8.21. The SMILES string of the molecule is C[C@]12C(=O)c3ccccc3NC(=O)[C@@H]1[C@H]2C(=O)NCCn1ccnc1. The second-order valence-corrected chi connectivity index (χ2v) is 6.69. The molecule has 7 heteroatoms. The largest absolute Gasteiger partial charge is 0.354 e. The molecular formula is C18H18N4O3. The first-order valence-corrected chi connectivity index (χ1v) is 8.21. The number of imidazole rings is 1. The Kier molecular flexibility index (Phi) is 3.45. The second-order valence-electron chi connectivity index (χ2n) is 6.69. The fourth-order valence-corrected chi connectivity index (χ4v) is 3.77. The molecule has 2 heterocycles. The third-order valence-corrected chi connectivity index (χ3v) is 5.23. The van der Waals surface area contributed by atoms with Crippen LogP contribution in [0, 0.1) is 17.3 Å². The molecule has 1 aromatic carbocycles. The molecule has 128 valence electrons. The first kappa shape index (κ1) is 15.6. The summed E-state index contributed by atoms with van der Waals surface area (Å²) < 4.78 is 1.85. The number of hydrogen-bond acceptors (Lipinski definition) is 4. The van der Waals surface area contributed by atoms with Crippen LogP contribution in [0.15, 0.2) is 43.0 Å². The molecule has 25 heavy (non-hydrogen) atoms. The molecule has 4 rings (SSSR count). The van der Waals surface area contributed by atoms with Gasteiger partial charge in [-0.2, -0.15) is 0 Å². The molecule has 0 radical (unpaired) electrons. The summed E-state index contributed by atoms with van der Waals surface area (Å²) in [5, 5.41) is 5.61. The van der Waals surface area contributed by atoms with E-state index in [1.54, 1.807) is 43.7 Å². The maximum Gasteiger partial charge on any atom is 0.229 e. The Morgan fingerprint density at radius 3 is 2.92 bits per heavy atom. The Balaban J connectivity index is 1.50. The van der Waals surface area contributed by atoms with Crippen LogP contribution in [0.2, 0.25) is 0 Å². The van der Waals surface area contributed by atoms with E-state index in [1.807, 2.05) is 10.8 Å². The van der Waals surface area contributed by atoms with Crippen molar-refractivity contribution >= 4 is 23.3 Å². The van der Waals surface area contributed by atoms with Crippen LogP contribution >= 0.6 is 0 Å². The molecule has 7 nitrogen and oxygen atoms in total. The molecule has 1 aromatic heterocycles. The van der Waals surface area contributed by atoms with Crippen LogP contribution in [0.25, 0.3) is 0 Å². The van der Waals surface area contributed by atoms with Gasteiger partial charge in [0, 0.05) is 31.0 Å². The van der Waals surface area contributed by atoms with Crippen molar-refractivity contribution < 1.29 is 14.4 Å². The Morgan fingerprint density at radius 2 is 2.16 bits per heavy atom. The standard InChI is InChI=1S/C18H18N4O3/c1-18-13(16(24)20-7-9-22-8-6-19-10-22)14(18)17(25)21-12-5-3-2-4-11(12)15(18)23/h2-6,8,10,13-14H,7,9H2,1H3,(H,20,24)(H,21,25)/t13-,14-,18+/m0/s1. The van der Waals surface area contributed by atoms with Crippen molar-refractivity contribution in [2.75, 3.05) is 11.9 Å². The quantitative estimate of drug-likeness (QED) is 0.873. The third kappa shape index (κ3) is 2.34. The number of carbonyl (C=O) groups excluding carboxylic acids is 3. The highest BCUT2D eigenvalue weighted by Gasteiger charge is 2.73. The summed E-state index contributed by atoms with van der Waals surface area (Å²) in [6, 6.07) is 6.93. The molecule has 2 aliphatic rings. The summed E-state index contributed by atoms with van der Waals surface area (Å²) in [4.78, 5) is 41.9. The molecule has 3 atom stereocenters. The van der Waals surface area contributed by atoms with E-state index in [2.05, 4.69) is 15.6 Å². The molecule has 1 saturated carbocycles. The number of aromatic nitrogens is 2. The van der Waals surface area contributed by atoms with Gasteiger partial charge in [0.15, 0.2) is 5.78 Å². The highest BCUT2D eigenvalue weighted by atomic mass is 16.2. The summed E-state index contributed by atoms with van der Waals surface area (Å²) in [7, 11) is 0. The van der Waals surface area contributed by atoms with Crippen molar-refractivity contribution in [2.45, 2.75) is 13.5 Å². The number of amides is 2. The number of rotatable bonds is 4. The van der Waals surface area contributed by atoms with Gasteiger partial charge in [0.1, 0.15) is 0 Å². The monoisotopic (exact) mass is 338 g/mol. The van der Waals surface area contributed by atoms with Crippen molar-refractivity contribution in [3.8, 4) is 0 Å².